The van der Waals surface area contributed by atoms with Crippen molar-refractivity contribution in [2.24, 2.45) is 7.05 Å². The van der Waals surface area contributed by atoms with Gasteiger partial charge in [-0.25, -0.2) is 0 Å². The molecule has 0 saturated heterocycles. The highest BCUT2D eigenvalue weighted by molar-refractivity contribution is 6.11. The first-order valence-corrected chi connectivity index (χ1v) is 7.23. The molecule has 0 bridgehead atoms. The maximum atomic E-state index is 6.16. The van der Waals surface area contributed by atoms with Crippen molar-refractivity contribution in [3.63, 3.8) is 0 Å². The molecule has 0 radical (unpaired) electrons. The number of nitrogen functional groups attached to an aromatic ring is 1. The molecule has 108 valence electrons. The van der Waals surface area contributed by atoms with E-state index in [4.69, 9.17) is 5.73 Å². The number of benzene rings is 2. The van der Waals surface area contributed by atoms with Crippen LogP contribution in [0.2, 0.25) is 0 Å². The Morgan fingerprint density at radius 3 is 2.45 bits per heavy atom. The Kier molecular flexibility index (Phi) is 2.66. The molecule has 4 nitrogen and oxygen atoms in total. The summed E-state index contributed by atoms with van der Waals surface area (Å²) in [5.41, 5.74) is 12.4. The number of hydrogen-bond donors (Lipinski definition) is 1. The molecule has 4 aromatic rings. The molecule has 4 heteroatoms. The standard InChI is InChI=1S/C18H16N4/c1-11-7-9-12(10-8-11)15-17-16(20-21-18(15)19)13-5-3-4-6-14(13)22(17)2/h3-10H,1-2H3,(H2,19,21). The zero-order valence-electron chi connectivity index (χ0n) is 12.5. The lowest BCUT2D eigenvalue weighted by atomic mass is 10.0. The molecule has 0 amide bonds. The minimum Gasteiger partial charge on any atom is -0.382 e. The lowest BCUT2D eigenvalue weighted by Gasteiger charge is -2.09. The monoisotopic (exact) mass is 288 g/mol. The van der Waals surface area contributed by atoms with Gasteiger partial charge in [-0.3, -0.25) is 0 Å². The van der Waals surface area contributed by atoms with Gasteiger partial charge in [-0.05, 0) is 18.6 Å². The minimum absolute atomic E-state index is 0.460. The summed E-state index contributed by atoms with van der Waals surface area (Å²) in [5, 5.41) is 9.62. The van der Waals surface area contributed by atoms with Crippen LogP contribution in [0, 0.1) is 6.92 Å². The van der Waals surface area contributed by atoms with Gasteiger partial charge in [0.15, 0.2) is 5.82 Å². The van der Waals surface area contributed by atoms with E-state index in [2.05, 4.69) is 58.1 Å². The first-order chi connectivity index (χ1) is 10.7. The first kappa shape index (κ1) is 12.8. The van der Waals surface area contributed by atoms with Crippen molar-refractivity contribution in [3.8, 4) is 11.1 Å². The van der Waals surface area contributed by atoms with E-state index in [9.17, 15) is 0 Å². The number of nitrogens with zero attached hydrogens (tertiary/aromatic N) is 3. The van der Waals surface area contributed by atoms with E-state index in [1.165, 1.54) is 5.56 Å². The summed E-state index contributed by atoms with van der Waals surface area (Å²) in [6, 6.07) is 16.6. The smallest absolute Gasteiger partial charge is 0.156 e. The molecule has 2 N–H and O–H groups in total. The van der Waals surface area contributed by atoms with E-state index in [0.717, 1.165) is 33.1 Å². The van der Waals surface area contributed by atoms with Gasteiger partial charge in [-0.2, -0.15) is 0 Å². The molecular formula is C18H16N4. The fourth-order valence-electron chi connectivity index (χ4n) is 3.04. The molecule has 2 heterocycles. The number of aromatic nitrogens is 3. The zero-order valence-corrected chi connectivity index (χ0v) is 12.5. The van der Waals surface area contributed by atoms with Gasteiger partial charge < -0.3 is 10.3 Å². The van der Waals surface area contributed by atoms with E-state index in [-0.39, 0.29) is 0 Å². The summed E-state index contributed by atoms with van der Waals surface area (Å²) in [7, 11) is 2.05. The van der Waals surface area contributed by atoms with Gasteiger partial charge in [0.25, 0.3) is 0 Å². The Hall–Kier alpha value is -2.88. The second-order valence-electron chi connectivity index (χ2n) is 5.60. The fourth-order valence-corrected chi connectivity index (χ4v) is 3.04. The van der Waals surface area contributed by atoms with E-state index in [1.807, 2.05) is 19.2 Å². The summed E-state index contributed by atoms with van der Waals surface area (Å²) < 4.78 is 2.14. The lowest BCUT2D eigenvalue weighted by molar-refractivity contribution is 1.00. The Morgan fingerprint density at radius 1 is 0.955 bits per heavy atom. The Bertz CT molecular complexity index is 997. The summed E-state index contributed by atoms with van der Waals surface area (Å²) >= 11 is 0. The first-order valence-electron chi connectivity index (χ1n) is 7.23. The van der Waals surface area contributed by atoms with Crippen LogP contribution in [0.25, 0.3) is 33.1 Å². The van der Waals surface area contributed by atoms with Crippen molar-refractivity contribution >= 4 is 27.8 Å². The number of fused-ring (bicyclic) bond motifs is 3. The average molecular weight is 288 g/mol. The molecule has 22 heavy (non-hydrogen) atoms. The molecule has 4 rings (SSSR count). The van der Waals surface area contributed by atoms with Crippen molar-refractivity contribution < 1.29 is 0 Å². The molecule has 0 saturated carbocycles. The van der Waals surface area contributed by atoms with Crippen LogP contribution in [0.1, 0.15) is 5.56 Å². The van der Waals surface area contributed by atoms with Gasteiger partial charge in [0, 0.05) is 12.4 Å². The van der Waals surface area contributed by atoms with E-state index < -0.39 is 0 Å². The maximum absolute atomic E-state index is 6.16. The molecule has 2 aromatic heterocycles. The van der Waals surface area contributed by atoms with Gasteiger partial charge >= 0.3 is 0 Å². The van der Waals surface area contributed by atoms with Crippen LogP contribution >= 0.6 is 0 Å². The molecule has 0 fully saturated rings. The second kappa shape index (κ2) is 4.56. The SMILES string of the molecule is Cc1ccc(-c2c(N)nnc3c4ccccc4n(C)c23)cc1. The van der Waals surface area contributed by atoms with E-state index >= 15 is 0 Å². The van der Waals surface area contributed by atoms with Crippen LogP contribution in [0.5, 0.6) is 0 Å². The second-order valence-corrected chi connectivity index (χ2v) is 5.60. The van der Waals surface area contributed by atoms with Crippen LogP contribution in [-0.2, 0) is 7.05 Å². The number of anilines is 1. The summed E-state index contributed by atoms with van der Waals surface area (Å²) in [5.74, 6) is 0.460. The molecule has 0 aliphatic rings. The highest BCUT2D eigenvalue weighted by Gasteiger charge is 2.17. The quantitative estimate of drug-likeness (QED) is 0.581. The van der Waals surface area contributed by atoms with Crippen molar-refractivity contribution in [2.75, 3.05) is 5.73 Å². The van der Waals surface area contributed by atoms with Crippen LogP contribution in [0.3, 0.4) is 0 Å². The zero-order chi connectivity index (χ0) is 15.3. The van der Waals surface area contributed by atoms with Crippen LogP contribution in [-0.4, -0.2) is 14.8 Å². The highest BCUT2D eigenvalue weighted by atomic mass is 15.2. The topological polar surface area (TPSA) is 56.7 Å². The van der Waals surface area contributed by atoms with Crippen molar-refractivity contribution in [3.05, 3.63) is 54.1 Å². The molecule has 0 unspecified atom stereocenters. The van der Waals surface area contributed by atoms with Gasteiger partial charge in [0.1, 0.15) is 5.52 Å². The number of aryl methyl sites for hydroxylation is 2. The predicted octanol–water partition coefficient (Wildman–Crippen LogP) is 3.68. The van der Waals surface area contributed by atoms with Crippen LogP contribution in [0.15, 0.2) is 48.5 Å². The van der Waals surface area contributed by atoms with Gasteiger partial charge in [0.2, 0.25) is 0 Å². The van der Waals surface area contributed by atoms with Crippen LogP contribution < -0.4 is 5.73 Å². The van der Waals surface area contributed by atoms with Crippen molar-refractivity contribution in [2.45, 2.75) is 6.92 Å². The minimum atomic E-state index is 0.460. The highest BCUT2D eigenvalue weighted by Crippen LogP contribution is 2.36. The summed E-state index contributed by atoms with van der Waals surface area (Å²) in [6.07, 6.45) is 0. The Labute approximate surface area is 128 Å². The predicted molar refractivity (Wildman–Crippen MR) is 90.6 cm³/mol. The number of para-hydroxylation sites is 1. The third kappa shape index (κ3) is 1.70. The summed E-state index contributed by atoms with van der Waals surface area (Å²) in [4.78, 5) is 0. The average Bonchev–Trinajstić information content (AvgIpc) is 2.82. The summed E-state index contributed by atoms with van der Waals surface area (Å²) in [6.45, 7) is 2.07. The fraction of sp³-hybridized carbons (Fsp3) is 0.111. The number of hydrogen-bond acceptors (Lipinski definition) is 3. The maximum Gasteiger partial charge on any atom is 0.156 e. The molecule has 0 spiro atoms. The lowest BCUT2D eigenvalue weighted by Crippen LogP contribution is -2.00. The van der Waals surface area contributed by atoms with E-state index in [1.54, 1.807) is 0 Å². The number of rotatable bonds is 1. The van der Waals surface area contributed by atoms with E-state index in [0.29, 0.717) is 5.82 Å². The Balaban J connectivity index is 2.18. The third-order valence-electron chi connectivity index (χ3n) is 4.17. The molecule has 2 aromatic carbocycles. The third-order valence-corrected chi connectivity index (χ3v) is 4.17. The molecule has 0 aliphatic heterocycles. The molecule has 0 aliphatic carbocycles. The van der Waals surface area contributed by atoms with Gasteiger partial charge in [-0.1, -0.05) is 48.0 Å². The number of nitrogens with two attached hydrogens (primary N) is 1. The normalized spacial score (nSPS) is 11.4. The van der Waals surface area contributed by atoms with Crippen molar-refractivity contribution in [1.29, 1.82) is 0 Å². The van der Waals surface area contributed by atoms with Crippen LogP contribution in [0.4, 0.5) is 5.82 Å². The largest absolute Gasteiger partial charge is 0.382 e. The Morgan fingerprint density at radius 2 is 1.68 bits per heavy atom. The molecular weight excluding hydrogens is 272 g/mol. The van der Waals surface area contributed by atoms with Crippen molar-refractivity contribution in [1.82, 2.24) is 14.8 Å². The van der Waals surface area contributed by atoms with Gasteiger partial charge in [0.05, 0.1) is 16.6 Å². The van der Waals surface area contributed by atoms with Gasteiger partial charge in [-0.15, -0.1) is 10.2 Å². The molecule has 0 atom stereocenters.